The zero-order valence-corrected chi connectivity index (χ0v) is 14.5. The maximum atomic E-state index is 13.7. The maximum absolute atomic E-state index is 13.7. The van der Waals surface area contributed by atoms with Crippen LogP contribution >= 0.6 is 11.3 Å². The zero-order chi connectivity index (χ0) is 19.0. The molecule has 0 fully saturated rings. The van der Waals surface area contributed by atoms with Crippen LogP contribution in [0.15, 0.2) is 48.5 Å². The summed E-state index contributed by atoms with van der Waals surface area (Å²) in [5, 5.41) is 10.7. The summed E-state index contributed by atoms with van der Waals surface area (Å²) in [6, 6.07) is 12.1. The molecule has 1 aliphatic rings. The highest BCUT2D eigenvalue weighted by Gasteiger charge is 2.35. The Hall–Kier alpha value is -3.46. The number of hydrogen-bond acceptors (Lipinski definition) is 6. The van der Waals surface area contributed by atoms with Crippen LogP contribution < -0.4 is 5.32 Å². The van der Waals surface area contributed by atoms with E-state index < -0.39 is 23.5 Å². The Labute approximate surface area is 156 Å². The van der Waals surface area contributed by atoms with E-state index in [2.05, 4.69) is 15.5 Å². The Morgan fingerprint density at radius 1 is 1.00 bits per heavy atom. The third-order valence-corrected chi connectivity index (χ3v) is 4.80. The fourth-order valence-corrected chi connectivity index (χ4v) is 3.42. The molecule has 2 aromatic carbocycles. The van der Waals surface area contributed by atoms with Crippen LogP contribution in [0.3, 0.4) is 0 Å². The molecule has 1 aromatic heterocycles. The standard InChI is InChI=1S/C18H11FN4O3S/c19-13-8-4-3-7-12(13)15(24)20-18-22-21-14(27-18)9-23-16(25)10-5-1-2-6-11(10)17(23)26/h1-8H,9H2,(H,20,22,24). The number of carbonyl (C=O) groups is 3. The largest absolute Gasteiger partial charge is 0.296 e. The summed E-state index contributed by atoms with van der Waals surface area (Å²) in [5.74, 6) is -2.10. The van der Waals surface area contributed by atoms with Crippen molar-refractivity contribution in [3.63, 3.8) is 0 Å². The van der Waals surface area contributed by atoms with Gasteiger partial charge in [-0.3, -0.25) is 24.6 Å². The van der Waals surface area contributed by atoms with E-state index in [1.807, 2.05) is 0 Å². The first-order valence-corrected chi connectivity index (χ1v) is 8.70. The third-order valence-electron chi connectivity index (χ3n) is 3.98. The summed E-state index contributed by atoms with van der Waals surface area (Å²) in [5.41, 5.74) is 0.579. The van der Waals surface area contributed by atoms with Gasteiger partial charge in [-0.1, -0.05) is 35.6 Å². The second-order valence-electron chi connectivity index (χ2n) is 5.68. The minimum Gasteiger partial charge on any atom is -0.296 e. The number of nitrogens with zero attached hydrogens (tertiary/aromatic N) is 3. The molecular formula is C18H11FN4O3S. The highest BCUT2D eigenvalue weighted by Crippen LogP contribution is 2.26. The number of hydrogen-bond donors (Lipinski definition) is 1. The molecule has 7 nitrogen and oxygen atoms in total. The van der Waals surface area contributed by atoms with Gasteiger partial charge in [-0.05, 0) is 24.3 Å². The van der Waals surface area contributed by atoms with Gasteiger partial charge in [0.25, 0.3) is 17.7 Å². The molecular weight excluding hydrogens is 371 g/mol. The number of imide groups is 1. The molecule has 27 heavy (non-hydrogen) atoms. The van der Waals surface area contributed by atoms with Crippen LogP contribution in [0.25, 0.3) is 0 Å². The summed E-state index contributed by atoms with van der Waals surface area (Å²) in [4.78, 5) is 37.9. The number of amides is 3. The first-order valence-electron chi connectivity index (χ1n) is 7.88. The minimum absolute atomic E-state index is 0.0560. The van der Waals surface area contributed by atoms with E-state index in [0.717, 1.165) is 16.2 Å². The van der Waals surface area contributed by atoms with Crippen LogP contribution in [-0.2, 0) is 6.54 Å². The van der Waals surface area contributed by atoms with E-state index in [1.165, 1.54) is 18.2 Å². The third kappa shape index (κ3) is 3.08. The maximum Gasteiger partial charge on any atom is 0.261 e. The van der Waals surface area contributed by atoms with Gasteiger partial charge in [0.05, 0.1) is 23.2 Å². The number of halogens is 1. The number of rotatable bonds is 4. The average molecular weight is 382 g/mol. The van der Waals surface area contributed by atoms with Gasteiger partial charge in [0, 0.05) is 0 Å². The number of carbonyl (C=O) groups excluding carboxylic acids is 3. The highest BCUT2D eigenvalue weighted by atomic mass is 32.1. The van der Waals surface area contributed by atoms with Crippen LogP contribution in [0.4, 0.5) is 9.52 Å². The van der Waals surface area contributed by atoms with Gasteiger partial charge in [-0.25, -0.2) is 4.39 Å². The van der Waals surface area contributed by atoms with Crippen molar-refractivity contribution in [3.8, 4) is 0 Å². The minimum atomic E-state index is -0.656. The monoisotopic (exact) mass is 382 g/mol. The second-order valence-corrected chi connectivity index (χ2v) is 6.74. The second kappa shape index (κ2) is 6.69. The van der Waals surface area contributed by atoms with Gasteiger partial charge >= 0.3 is 0 Å². The van der Waals surface area contributed by atoms with Crippen molar-refractivity contribution in [2.75, 3.05) is 5.32 Å². The normalized spacial score (nSPS) is 13.0. The van der Waals surface area contributed by atoms with E-state index >= 15 is 0 Å². The van der Waals surface area contributed by atoms with Crippen LogP contribution in [0.2, 0.25) is 0 Å². The van der Waals surface area contributed by atoms with Gasteiger partial charge in [-0.15, -0.1) is 10.2 Å². The molecule has 134 valence electrons. The highest BCUT2D eigenvalue weighted by molar-refractivity contribution is 7.15. The Balaban J connectivity index is 1.48. The van der Waals surface area contributed by atoms with Crippen LogP contribution in [0, 0.1) is 5.82 Å². The molecule has 0 saturated carbocycles. The molecule has 1 aliphatic heterocycles. The fraction of sp³-hybridized carbons (Fsp3) is 0.0556. The molecule has 0 saturated heterocycles. The van der Waals surface area contributed by atoms with Crippen LogP contribution in [-0.4, -0.2) is 32.8 Å². The Bertz CT molecular complexity index is 1050. The quantitative estimate of drug-likeness (QED) is 0.701. The van der Waals surface area contributed by atoms with E-state index in [4.69, 9.17) is 0 Å². The number of anilines is 1. The molecule has 0 unspecified atom stereocenters. The molecule has 0 atom stereocenters. The Morgan fingerprint density at radius 2 is 1.63 bits per heavy atom. The number of aromatic nitrogens is 2. The molecule has 3 amide bonds. The lowest BCUT2D eigenvalue weighted by atomic mass is 10.1. The zero-order valence-electron chi connectivity index (χ0n) is 13.7. The van der Waals surface area contributed by atoms with Gasteiger partial charge in [0.15, 0.2) is 0 Å². The molecule has 0 radical (unpaired) electrons. The Morgan fingerprint density at radius 3 is 2.30 bits per heavy atom. The van der Waals surface area contributed by atoms with Crippen LogP contribution in [0.1, 0.15) is 36.1 Å². The predicted octanol–water partition coefficient (Wildman–Crippen LogP) is 2.73. The number of fused-ring (bicyclic) bond motifs is 1. The average Bonchev–Trinajstić information content (AvgIpc) is 3.21. The molecule has 0 aliphatic carbocycles. The van der Waals surface area contributed by atoms with Crippen LogP contribution in [0.5, 0.6) is 0 Å². The lowest BCUT2D eigenvalue weighted by Crippen LogP contribution is -2.29. The lowest BCUT2D eigenvalue weighted by molar-refractivity contribution is 0.0641. The molecule has 4 rings (SSSR count). The summed E-state index contributed by atoms with van der Waals surface area (Å²) < 4.78 is 13.7. The van der Waals surface area contributed by atoms with Crippen molar-refractivity contribution in [1.82, 2.24) is 15.1 Å². The van der Waals surface area contributed by atoms with Crippen molar-refractivity contribution in [3.05, 3.63) is 76.0 Å². The van der Waals surface area contributed by atoms with Gasteiger partial charge in [0.2, 0.25) is 5.13 Å². The molecule has 2 heterocycles. The smallest absolute Gasteiger partial charge is 0.261 e. The summed E-state index contributed by atoms with van der Waals surface area (Å²) in [6.07, 6.45) is 0. The van der Waals surface area contributed by atoms with Gasteiger partial charge < -0.3 is 0 Å². The molecule has 3 aromatic rings. The first-order chi connectivity index (χ1) is 13.0. The first kappa shape index (κ1) is 17.0. The Kier molecular flexibility index (Phi) is 4.21. The predicted molar refractivity (Wildman–Crippen MR) is 94.9 cm³/mol. The van der Waals surface area contributed by atoms with Crippen molar-refractivity contribution >= 4 is 34.2 Å². The molecule has 1 N–H and O–H groups in total. The molecule has 0 spiro atoms. The lowest BCUT2D eigenvalue weighted by Gasteiger charge is -2.10. The van der Waals surface area contributed by atoms with Crippen molar-refractivity contribution in [2.24, 2.45) is 0 Å². The van der Waals surface area contributed by atoms with Crippen molar-refractivity contribution in [2.45, 2.75) is 6.54 Å². The topological polar surface area (TPSA) is 92.3 Å². The summed E-state index contributed by atoms with van der Waals surface area (Å²) >= 11 is 1.01. The summed E-state index contributed by atoms with van der Waals surface area (Å²) in [6.45, 7) is -0.0560. The van der Waals surface area contributed by atoms with Gasteiger partial charge in [-0.2, -0.15) is 0 Å². The van der Waals surface area contributed by atoms with Crippen molar-refractivity contribution < 1.29 is 18.8 Å². The van der Waals surface area contributed by atoms with Crippen molar-refractivity contribution in [1.29, 1.82) is 0 Å². The van der Waals surface area contributed by atoms with E-state index in [0.29, 0.717) is 16.1 Å². The number of benzene rings is 2. The van der Waals surface area contributed by atoms with Gasteiger partial charge in [0.1, 0.15) is 10.8 Å². The fourth-order valence-electron chi connectivity index (χ4n) is 2.70. The number of nitrogens with one attached hydrogen (secondary N) is 1. The van der Waals surface area contributed by atoms with E-state index in [9.17, 15) is 18.8 Å². The molecule has 9 heteroatoms. The van der Waals surface area contributed by atoms with E-state index in [1.54, 1.807) is 30.3 Å². The molecule has 0 bridgehead atoms. The SMILES string of the molecule is O=C(Nc1nnc(CN2C(=O)c3ccccc3C2=O)s1)c1ccccc1F. The van der Waals surface area contributed by atoms with E-state index in [-0.39, 0.29) is 17.2 Å². The summed E-state index contributed by atoms with van der Waals surface area (Å²) in [7, 11) is 0.